The highest BCUT2D eigenvalue weighted by molar-refractivity contribution is 7.47. The number of phosphoric ester groups is 2. The molecule has 0 aromatic rings. The first-order chi connectivity index (χ1) is 43.9. The zero-order valence-corrected chi connectivity index (χ0v) is 60.9. The number of aliphatic hydroxyl groups is 1. The van der Waals surface area contributed by atoms with Crippen LogP contribution in [-0.2, 0) is 65.4 Å². The topological polar surface area (TPSA) is 237 Å². The molecule has 0 saturated carbocycles. The van der Waals surface area contributed by atoms with E-state index in [1.165, 1.54) is 180 Å². The molecule has 0 heterocycles. The monoisotopic (exact) mass is 1340 g/mol. The highest BCUT2D eigenvalue weighted by Crippen LogP contribution is 2.45. The Bertz CT molecular complexity index is 1770. The number of phosphoric acid groups is 2. The van der Waals surface area contributed by atoms with Crippen molar-refractivity contribution in [3.8, 4) is 0 Å². The Morgan fingerprint density at radius 3 is 0.835 bits per heavy atom. The number of carbonyl (C=O) groups excluding carboxylic acids is 4. The lowest BCUT2D eigenvalue weighted by atomic mass is 9.99. The van der Waals surface area contributed by atoms with Crippen molar-refractivity contribution in [1.29, 1.82) is 0 Å². The zero-order valence-electron chi connectivity index (χ0n) is 59.1. The molecule has 3 unspecified atom stereocenters. The minimum Gasteiger partial charge on any atom is -0.462 e. The number of ether oxygens (including phenoxy) is 4. The molecular weight excluding hydrogens is 1200 g/mol. The summed E-state index contributed by atoms with van der Waals surface area (Å²) in [7, 11) is -9.90. The molecule has 0 amide bonds. The molecule has 0 aromatic carbocycles. The van der Waals surface area contributed by atoms with Crippen LogP contribution in [0, 0.1) is 11.8 Å². The minimum absolute atomic E-state index is 0.105. The second-order valence-electron chi connectivity index (χ2n) is 26.7. The Morgan fingerprint density at radius 2 is 0.560 bits per heavy atom. The van der Waals surface area contributed by atoms with Gasteiger partial charge < -0.3 is 33.8 Å². The zero-order chi connectivity index (χ0) is 67.2. The molecule has 0 saturated heterocycles. The number of aliphatic hydroxyl groups excluding tert-OH is 1. The normalized spacial score (nSPS) is 14.4. The van der Waals surface area contributed by atoms with Crippen LogP contribution in [0.4, 0.5) is 0 Å². The van der Waals surface area contributed by atoms with E-state index >= 15 is 0 Å². The van der Waals surface area contributed by atoms with Gasteiger partial charge in [-0.25, -0.2) is 9.13 Å². The van der Waals surface area contributed by atoms with Gasteiger partial charge >= 0.3 is 39.5 Å². The molecule has 6 atom stereocenters. The second-order valence-corrected chi connectivity index (χ2v) is 29.6. The molecule has 0 aliphatic heterocycles. The Balaban J connectivity index is 5.23. The average molecular weight is 1340 g/mol. The van der Waals surface area contributed by atoms with Gasteiger partial charge in [0.2, 0.25) is 0 Å². The van der Waals surface area contributed by atoms with Gasteiger partial charge in [0, 0.05) is 25.7 Å². The molecule has 0 bridgehead atoms. The predicted octanol–water partition coefficient (Wildman–Crippen LogP) is 20.8. The van der Waals surface area contributed by atoms with Gasteiger partial charge in [-0.1, -0.05) is 318 Å². The van der Waals surface area contributed by atoms with Gasteiger partial charge in [0.15, 0.2) is 12.2 Å². The lowest BCUT2D eigenvalue weighted by Crippen LogP contribution is -2.30. The number of carbonyl (C=O) groups is 4. The summed E-state index contributed by atoms with van der Waals surface area (Å²) < 4.78 is 68.3. The summed E-state index contributed by atoms with van der Waals surface area (Å²) in [5.41, 5.74) is 0. The van der Waals surface area contributed by atoms with Crippen molar-refractivity contribution in [2.45, 2.75) is 387 Å². The molecule has 0 rings (SSSR count). The van der Waals surface area contributed by atoms with Crippen molar-refractivity contribution in [3.63, 3.8) is 0 Å². The first-order valence-electron chi connectivity index (χ1n) is 37.5. The van der Waals surface area contributed by atoms with Crippen LogP contribution in [0.5, 0.6) is 0 Å². The molecule has 3 N–H and O–H groups in total. The Hall–Kier alpha value is -1.94. The van der Waals surface area contributed by atoms with Crippen LogP contribution in [-0.4, -0.2) is 96.7 Å². The van der Waals surface area contributed by atoms with E-state index in [1.54, 1.807) is 0 Å². The van der Waals surface area contributed by atoms with E-state index in [4.69, 9.17) is 37.0 Å². The molecular formula is C72H140O17P2. The molecule has 17 nitrogen and oxygen atoms in total. The van der Waals surface area contributed by atoms with Crippen molar-refractivity contribution in [1.82, 2.24) is 0 Å². The second kappa shape index (κ2) is 64.1. The summed E-state index contributed by atoms with van der Waals surface area (Å²) >= 11 is 0. The van der Waals surface area contributed by atoms with Crippen LogP contribution in [0.1, 0.15) is 369 Å². The molecule has 19 heteroatoms. The van der Waals surface area contributed by atoms with E-state index in [-0.39, 0.29) is 25.7 Å². The average Bonchev–Trinajstić information content (AvgIpc) is 3.22. The first kappa shape index (κ1) is 89.1. The predicted molar refractivity (Wildman–Crippen MR) is 368 cm³/mol. The van der Waals surface area contributed by atoms with Gasteiger partial charge in [-0.15, -0.1) is 0 Å². The third-order valence-corrected chi connectivity index (χ3v) is 19.0. The van der Waals surface area contributed by atoms with Crippen molar-refractivity contribution in [2.75, 3.05) is 39.6 Å². The van der Waals surface area contributed by atoms with Gasteiger partial charge in [-0.2, -0.15) is 0 Å². The van der Waals surface area contributed by atoms with Gasteiger partial charge in [-0.05, 0) is 37.5 Å². The quantitative estimate of drug-likeness (QED) is 0.0222. The van der Waals surface area contributed by atoms with Crippen molar-refractivity contribution in [3.05, 3.63) is 0 Å². The fourth-order valence-corrected chi connectivity index (χ4v) is 12.5. The van der Waals surface area contributed by atoms with Crippen molar-refractivity contribution in [2.24, 2.45) is 11.8 Å². The number of rotatable bonds is 71. The van der Waals surface area contributed by atoms with E-state index in [0.29, 0.717) is 25.7 Å². The maximum Gasteiger partial charge on any atom is 0.472 e. The molecule has 0 fully saturated rings. The van der Waals surface area contributed by atoms with Crippen LogP contribution < -0.4 is 0 Å². The van der Waals surface area contributed by atoms with Gasteiger partial charge in [-0.3, -0.25) is 37.3 Å². The SMILES string of the molecule is CCCCCCCCCCCCCCCCC(=O)OC[C@H](COP(=O)(O)OC[C@@H](O)COP(=O)(O)OC[C@@H](COC(=O)CCCCCCCCCC)OC(=O)CCCCCCCCCCC(C)CC)OC(=O)CCCCCCCCCCCCCCCCC(C)C. The lowest BCUT2D eigenvalue weighted by Gasteiger charge is -2.21. The number of unbranched alkanes of at least 4 members (excludes halogenated alkanes) is 40. The highest BCUT2D eigenvalue weighted by atomic mass is 31.2. The summed E-state index contributed by atoms with van der Waals surface area (Å²) in [6.45, 7) is 9.56. The van der Waals surface area contributed by atoms with Crippen LogP contribution >= 0.6 is 15.6 Å². The third-order valence-electron chi connectivity index (χ3n) is 17.1. The highest BCUT2D eigenvalue weighted by Gasteiger charge is 2.30. The first-order valence-corrected chi connectivity index (χ1v) is 40.5. The van der Waals surface area contributed by atoms with E-state index < -0.39 is 97.5 Å². The van der Waals surface area contributed by atoms with E-state index in [9.17, 15) is 43.2 Å². The van der Waals surface area contributed by atoms with E-state index in [2.05, 4.69) is 41.5 Å². The Kier molecular flexibility index (Phi) is 62.7. The Morgan fingerprint density at radius 1 is 0.319 bits per heavy atom. The maximum absolute atomic E-state index is 13.0. The third kappa shape index (κ3) is 65.1. The van der Waals surface area contributed by atoms with Gasteiger partial charge in [0.05, 0.1) is 26.4 Å². The number of hydrogen-bond donors (Lipinski definition) is 3. The lowest BCUT2D eigenvalue weighted by molar-refractivity contribution is -0.161. The number of esters is 4. The molecule has 0 aromatic heterocycles. The van der Waals surface area contributed by atoms with Crippen molar-refractivity contribution >= 4 is 39.5 Å². The van der Waals surface area contributed by atoms with Crippen LogP contribution in [0.3, 0.4) is 0 Å². The molecule has 0 aliphatic rings. The smallest absolute Gasteiger partial charge is 0.462 e. The molecule has 0 aliphatic carbocycles. The fraction of sp³-hybridized carbons (Fsp3) is 0.944. The fourth-order valence-electron chi connectivity index (χ4n) is 10.9. The summed E-state index contributed by atoms with van der Waals surface area (Å²) in [4.78, 5) is 72.6. The van der Waals surface area contributed by atoms with E-state index in [1.807, 2.05) is 0 Å². The maximum atomic E-state index is 13.0. The summed E-state index contributed by atoms with van der Waals surface area (Å²) in [6, 6.07) is 0. The standard InChI is InChI=1S/C72H140O17P2/c1-7-10-12-14-16-18-19-20-24-27-30-37-43-49-55-70(75)83-61-68(88-71(76)56-50-44-38-31-28-25-22-21-23-26-29-34-40-46-52-64(4)5)63-87-91(80,81)85-59-66(73)58-84-90(78,79)86-62-67(60-82-69(74)54-48-42-36-17-15-13-11-8-2)89-72(77)57-51-45-39-33-32-35-41-47-53-65(6)9-3/h64-68,73H,7-63H2,1-6H3,(H,78,79)(H,80,81)/t65?,66-,67+,68+/m0/s1. The molecule has 91 heavy (non-hydrogen) atoms. The summed E-state index contributed by atoms with van der Waals surface area (Å²) in [5.74, 6) is -0.559. The van der Waals surface area contributed by atoms with Crippen molar-refractivity contribution < 1.29 is 80.2 Å². The summed E-state index contributed by atoms with van der Waals surface area (Å²) in [6.07, 6.45) is 49.9. The van der Waals surface area contributed by atoms with Gasteiger partial charge in [0.1, 0.15) is 19.3 Å². The molecule has 0 spiro atoms. The minimum atomic E-state index is -4.95. The van der Waals surface area contributed by atoms with E-state index in [0.717, 1.165) is 108 Å². The number of hydrogen-bond acceptors (Lipinski definition) is 15. The van der Waals surface area contributed by atoms with Crippen LogP contribution in [0.15, 0.2) is 0 Å². The van der Waals surface area contributed by atoms with Gasteiger partial charge in [0.25, 0.3) is 0 Å². The van der Waals surface area contributed by atoms with Crippen LogP contribution in [0.25, 0.3) is 0 Å². The largest absolute Gasteiger partial charge is 0.472 e. The Labute approximate surface area is 556 Å². The molecule has 0 radical (unpaired) electrons. The molecule has 540 valence electrons. The van der Waals surface area contributed by atoms with Crippen LogP contribution in [0.2, 0.25) is 0 Å². The summed E-state index contributed by atoms with van der Waals surface area (Å²) in [5, 5.41) is 10.6.